The van der Waals surface area contributed by atoms with Crippen LogP contribution in [0.25, 0.3) is 27.6 Å². The summed E-state index contributed by atoms with van der Waals surface area (Å²) in [6.45, 7) is 16.2. The Bertz CT molecular complexity index is 1320. The second-order valence-electron chi connectivity index (χ2n) is 10.9. The molecule has 5 rings (SSSR count). The van der Waals surface area contributed by atoms with Crippen LogP contribution in [0.5, 0.6) is 0 Å². The van der Waals surface area contributed by atoms with Gasteiger partial charge in [-0.25, -0.2) is 4.98 Å². The van der Waals surface area contributed by atoms with Crippen molar-refractivity contribution in [1.82, 2.24) is 14.4 Å². The summed E-state index contributed by atoms with van der Waals surface area (Å²) < 4.78 is 3.49. The Hall–Kier alpha value is -1.94. The van der Waals surface area contributed by atoms with Gasteiger partial charge >= 0.3 is 0 Å². The van der Waals surface area contributed by atoms with E-state index in [1.54, 1.807) is 0 Å². The van der Waals surface area contributed by atoms with Gasteiger partial charge in [-0.1, -0.05) is 48.5 Å². The molecule has 0 bridgehead atoms. The zero-order valence-electron chi connectivity index (χ0n) is 18.3. The molecule has 3 nitrogen and oxygen atoms in total. The third-order valence-corrected chi connectivity index (χ3v) is 7.13. The van der Waals surface area contributed by atoms with Crippen LogP contribution in [0.1, 0.15) is 71.7 Å². The third kappa shape index (κ3) is 2.54. The Morgan fingerprint density at radius 2 is 1.76 bits per heavy atom. The molecular weight excluding hydrogens is 422 g/mol. The minimum absolute atomic E-state index is 0.0423. The van der Waals surface area contributed by atoms with Gasteiger partial charge in [-0.2, -0.15) is 0 Å². The summed E-state index contributed by atoms with van der Waals surface area (Å²) in [6, 6.07) is 8.76. The summed E-state index contributed by atoms with van der Waals surface area (Å²) in [4.78, 5) is 9.98. The van der Waals surface area contributed by atoms with E-state index in [0.717, 1.165) is 33.0 Å². The number of imidazole rings is 1. The predicted octanol–water partition coefficient (Wildman–Crippen LogP) is 7.05. The number of halogens is 1. The molecule has 3 heterocycles. The van der Waals surface area contributed by atoms with Gasteiger partial charge in [-0.05, 0) is 63.0 Å². The molecule has 4 aromatic rings. The van der Waals surface area contributed by atoms with Gasteiger partial charge in [-0.3, -0.25) is 9.38 Å². The maximum Gasteiger partial charge on any atom is 0.147 e. The molecule has 0 N–H and O–H groups in total. The van der Waals surface area contributed by atoms with Crippen molar-refractivity contribution >= 4 is 43.5 Å². The van der Waals surface area contributed by atoms with Gasteiger partial charge in [0.15, 0.2) is 0 Å². The van der Waals surface area contributed by atoms with E-state index in [9.17, 15) is 0 Å². The van der Waals surface area contributed by atoms with E-state index in [1.807, 2.05) is 12.3 Å². The standard InChI is InChI=1S/C25H28BrN3/c1-23(2,3)14-11-16(26)20-17(12-14)29-21-18(24(4,5)13-25(21,6)7)19-15(22(29)28-20)9-8-10-27-19/h8-12H,13H2,1-7H3. The lowest BCUT2D eigenvalue weighted by Gasteiger charge is -2.23. The monoisotopic (exact) mass is 449 g/mol. The maximum atomic E-state index is 5.13. The summed E-state index contributed by atoms with van der Waals surface area (Å²) >= 11 is 3.82. The van der Waals surface area contributed by atoms with Crippen molar-refractivity contribution in [3.05, 3.63) is 51.8 Å². The first kappa shape index (κ1) is 19.0. The summed E-state index contributed by atoms with van der Waals surface area (Å²) in [5.74, 6) is 0. The molecule has 4 heteroatoms. The number of pyridine rings is 2. The molecule has 0 radical (unpaired) electrons. The van der Waals surface area contributed by atoms with Gasteiger partial charge in [-0.15, -0.1) is 0 Å². The van der Waals surface area contributed by atoms with E-state index in [1.165, 1.54) is 22.3 Å². The van der Waals surface area contributed by atoms with Crippen LogP contribution in [0.2, 0.25) is 0 Å². The first-order valence-electron chi connectivity index (χ1n) is 10.4. The Balaban J connectivity index is 2.10. The molecule has 0 saturated carbocycles. The van der Waals surface area contributed by atoms with Gasteiger partial charge in [0.2, 0.25) is 0 Å². The highest BCUT2D eigenvalue weighted by Crippen LogP contribution is 2.52. The van der Waals surface area contributed by atoms with Crippen LogP contribution in [0.4, 0.5) is 0 Å². The van der Waals surface area contributed by atoms with E-state index >= 15 is 0 Å². The molecule has 0 unspecified atom stereocenters. The summed E-state index contributed by atoms with van der Waals surface area (Å²) in [5.41, 5.74) is 8.56. The lowest BCUT2D eigenvalue weighted by atomic mass is 9.82. The van der Waals surface area contributed by atoms with Crippen LogP contribution in [0, 0.1) is 0 Å². The van der Waals surface area contributed by atoms with Crippen molar-refractivity contribution in [3.8, 4) is 0 Å². The van der Waals surface area contributed by atoms with Crippen LogP contribution in [-0.2, 0) is 16.2 Å². The Labute approximate surface area is 180 Å². The van der Waals surface area contributed by atoms with Crippen LogP contribution >= 0.6 is 15.9 Å². The highest BCUT2D eigenvalue weighted by Gasteiger charge is 2.46. The van der Waals surface area contributed by atoms with E-state index < -0.39 is 0 Å². The molecule has 0 fully saturated rings. The molecule has 150 valence electrons. The SMILES string of the molecule is CC(C)(C)c1cc(Br)c2nc3c4cccnc4c4c(n3c2c1)C(C)(C)CC4(C)C. The fourth-order valence-corrected chi connectivity index (χ4v) is 6.08. The molecule has 0 aliphatic heterocycles. The van der Waals surface area contributed by atoms with E-state index in [4.69, 9.17) is 9.97 Å². The summed E-state index contributed by atoms with van der Waals surface area (Å²) in [7, 11) is 0. The molecule has 1 aliphatic rings. The van der Waals surface area contributed by atoms with Crippen molar-refractivity contribution in [1.29, 1.82) is 0 Å². The van der Waals surface area contributed by atoms with Crippen molar-refractivity contribution in [2.45, 2.75) is 71.1 Å². The van der Waals surface area contributed by atoms with E-state index in [-0.39, 0.29) is 16.2 Å². The minimum Gasteiger partial charge on any atom is -0.295 e. The average molecular weight is 450 g/mol. The number of hydrogen-bond donors (Lipinski definition) is 0. The van der Waals surface area contributed by atoms with Crippen LogP contribution in [0.15, 0.2) is 34.9 Å². The molecule has 1 aromatic carbocycles. The van der Waals surface area contributed by atoms with E-state index in [2.05, 4.69) is 87.0 Å². The largest absolute Gasteiger partial charge is 0.295 e. The number of fused-ring (bicyclic) bond motifs is 8. The second kappa shape index (κ2) is 5.60. The molecule has 0 spiro atoms. The quantitative estimate of drug-likeness (QED) is 0.287. The molecule has 0 atom stereocenters. The van der Waals surface area contributed by atoms with Gasteiger partial charge in [0.1, 0.15) is 11.2 Å². The first-order chi connectivity index (χ1) is 13.4. The minimum atomic E-state index is 0.0423. The lowest BCUT2D eigenvalue weighted by Crippen LogP contribution is -2.19. The second-order valence-corrected chi connectivity index (χ2v) is 11.8. The van der Waals surface area contributed by atoms with Crippen LogP contribution in [0.3, 0.4) is 0 Å². The Kier molecular flexibility index (Phi) is 3.68. The van der Waals surface area contributed by atoms with Crippen molar-refractivity contribution < 1.29 is 0 Å². The number of aromatic nitrogens is 3. The third-order valence-electron chi connectivity index (χ3n) is 6.53. The van der Waals surface area contributed by atoms with Crippen LogP contribution < -0.4 is 0 Å². The van der Waals surface area contributed by atoms with Crippen LogP contribution in [-0.4, -0.2) is 14.4 Å². The molecule has 3 aromatic heterocycles. The number of nitrogens with zero attached hydrogens (tertiary/aromatic N) is 3. The Morgan fingerprint density at radius 1 is 1.03 bits per heavy atom. The molecule has 0 amide bonds. The van der Waals surface area contributed by atoms with Gasteiger partial charge < -0.3 is 0 Å². The molecule has 1 aliphatic carbocycles. The fraction of sp³-hybridized carbons (Fsp3) is 0.440. The maximum absolute atomic E-state index is 5.13. The van der Waals surface area contributed by atoms with Crippen molar-refractivity contribution in [2.24, 2.45) is 0 Å². The average Bonchev–Trinajstić information content (AvgIpc) is 3.07. The zero-order valence-corrected chi connectivity index (χ0v) is 19.9. The van der Waals surface area contributed by atoms with Crippen molar-refractivity contribution in [2.75, 3.05) is 0 Å². The summed E-state index contributed by atoms with van der Waals surface area (Å²) in [6.07, 6.45) is 3.01. The highest BCUT2D eigenvalue weighted by atomic mass is 79.9. The van der Waals surface area contributed by atoms with Crippen molar-refractivity contribution in [3.63, 3.8) is 0 Å². The summed E-state index contributed by atoms with van der Waals surface area (Å²) in [5, 5.41) is 1.14. The van der Waals surface area contributed by atoms with Gasteiger partial charge in [0.05, 0.1) is 11.0 Å². The van der Waals surface area contributed by atoms with Gasteiger partial charge in [0, 0.05) is 32.7 Å². The zero-order chi connectivity index (χ0) is 20.9. The number of benzene rings is 1. The highest BCUT2D eigenvalue weighted by molar-refractivity contribution is 9.10. The predicted molar refractivity (Wildman–Crippen MR) is 125 cm³/mol. The molecule has 29 heavy (non-hydrogen) atoms. The van der Waals surface area contributed by atoms with Gasteiger partial charge in [0.25, 0.3) is 0 Å². The Morgan fingerprint density at radius 3 is 2.45 bits per heavy atom. The molecule has 0 saturated heterocycles. The lowest BCUT2D eigenvalue weighted by molar-refractivity contribution is 0.399. The first-order valence-corrected chi connectivity index (χ1v) is 11.1. The number of rotatable bonds is 0. The topological polar surface area (TPSA) is 30.2 Å². The molecular formula is C25H28BrN3. The van der Waals surface area contributed by atoms with E-state index in [0.29, 0.717) is 0 Å². The fourth-order valence-electron chi connectivity index (χ4n) is 5.54. The normalized spacial score (nSPS) is 18.1. The number of hydrogen-bond acceptors (Lipinski definition) is 2. The smallest absolute Gasteiger partial charge is 0.147 e.